The maximum atomic E-state index is 5.78. The summed E-state index contributed by atoms with van der Waals surface area (Å²) in [6, 6.07) is 12.8. The fraction of sp³-hybridized carbons (Fsp3) is 0.444. The van der Waals surface area contributed by atoms with E-state index in [2.05, 4.69) is 41.3 Å². The first-order valence-electron chi connectivity index (χ1n) is 7.79. The predicted molar refractivity (Wildman–Crippen MR) is 94.8 cm³/mol. The van der Waals surface area contributed by atoms with E-state index in [1.165, 1.54) is 29.2 Å². The zero-order valence-corrected chi connectivity index (χ0v) is 13.9. The molecule has 0 amide bonds. The molecule has 2 aromatic carbocycles. The number of nitrogens with two attached hydrogens (primary N) is 1. The van der Waals surface area contributed by atoms with Crippen LogP contribution in [0.3, 0.4) is 0 Å². The molecule has 0 bridgehead atoms. The third kappa shape index (κ3) is 3.54. The normalized spacial score (nSPS) is 16.5. The van der Waals surface area contributed by atoms with Crippen molar-refractivity contribution in [1.29, 1.82) is 0 Å². The van der Waals surface area contributed by atoms with Gasteiger partial charge in [0.25, 0.3) is 0 Å². The van der Waals surface area contributed by atoms with Gasteiger partial charge in [-0.1, -0.05) is 30.3 Å². The minimum atomic E-state index is 0. The molecule has 1 fully saturated rings. The molecule has 1 saturated heterocycles. The van der Waals surface area contributed by atoms with Gasteiger partial charge in [-0.05, 0) is 55.2 Å². The molecular formula is C18H25ClN2O. The molecule has 1 aliphatic rings. The number of fused-ring (bicyclic) bond motifs is 1. The van der Waals surface area contributed by atoms with Crippen LogP contribution in [0, 0.1) is 5.92 Å². The Morgan fingerprint density at radius 3 is 2.55 bits per heavy atom. The van der Waals surface area contributed by atoms with Crippen molar-refractivity contribution in [2.24, 2.45) is 11.7 Å². The van der Waals surface area contributed by atoms with Crippen LogP contribution in [0.15, 0.2) is 36.4 Å². The fourth-order valence-corrected chi connectivity index (χ4v) is 3.27. The Morgan fingerprint density at radius 2 is 1.86 bits per heavy atom. The number of hydrogen-bond acceptors (Lipinski definition) is 3. The van der Waals surface area contributed by atoms with E-state index in [9.17, 15) is 0 Å². The average molecular weight is 321 g/mol. The van der Waals surface area contributed by atoms with Crippen molar-refractivity contribution in [2.75, 3.05) is 26.7 Å². The fourth-order valence-electron chi connectivity index (χ4n) is 3.27. The number of hydrogen-bond donors (Lipinski definition) is 1. The van der Waals surface area contributed by atoms with Gasteiger partial charge in [0.2, 0.25) is 0 Å². The van der Waals surface area contributed by atoms with Gasteiger partial charge in [0.1, 0.15) is 5.75 Å². The zero-order valence-electron chi connectivity index (χ0n) is 13.1. The molecule has 4 heteroatoms. The molecule has 1 heterocycles. The van der Waals surface area contributed by atoms with Gasteiger partial charge in [-0.15, -0.1) is 12.4 Å². The quantitative estimate of drug-likeness (QED) is 0.938. The molecule has 22 heavy (non-hydrogen) atoms. The van der Waals surface area contributed by atoms with E-state index in [1.54, 1.807) is 7.11 Å². The molecule has 3 nitrogen and oxygen atoms in total. The first-order valence-corrected chi connectivity index (χ1v) is 7.79. The van der Waals surface area contributed by atoms with Gasteiger partial charge in [0.05, 0.1) is 7.11 Å². The summed E-state index contributed by atoms with van der Waals surface area (Å²) in [7, 11) is 1.76. The van der Waals surface area contributed by atoms with Crippen LogP contribution in [0.25, 0.3) is 10.8 Å². The zero-order chi connectivity index (χ0) is 14.7. The molecule has 0 aromatic heterocycles. The van der Waals surface area contributed by atoms with E-state index in [1.807, 2.05) is 0 Å². The summed E-state index contributed by atoms with van der Waals surface area (Å²) in [5.74, 6) is 1.70. The third-order valence-corrected chi connectivity index (χ3v) is 4.64. The van der Waals surface area contributed by atoms with Crippen molar-refractivity contribution in [3.8, 4) is 5.75 Å². The molecule has 0 spiro atoms. The largest absolute Gasteiger partial charge is 0.496 e. The van der Waals surface area contributed by atoms with E-state index in [-0.39, 0.29) is 12.4 Å². The molecule has 2 N–H and O–H groups in total. The second kappa shape index (κ2) is 7.82. The maximum absolute atomic E-state index is 5.78. The van der Waals surface area contributed by atoms with Crippen LogP contribution in [0.2, 0.25) is 0 Å². The lowest BCUT2D eigenvalue weighted by Crippen LogP contribution is -2.35. The van der Waals surface area contributed by atoms with Crippen molar-refractivity contribution in [2.45, 2.75) is 19.4 Å². The molecule has 0 radical (unpaired) electrons. The van der Waals surface area contributed by atoms with E-state index in [4.69, 9.17) is 10.5 Å². The summed E-state index contributed by atoms with van der Waals surface area (Å²) < 4.78 is 5.59. The Hall–Kier alpha value is -1.29. The van der Waals surface area contributed by atoms with Crippen molar-refractivity contribution < 1.29 is 4.74 Å². The Balaban J connectivity index is 0.00000176. The molecule has 0 saturated carbocycles. The van der Waals surface area contributed by atoms with Crippen molar-refractivity contribution in [1.82, 2.24) is 4.90 Å². The molecule has 1 aliphatic heterocycles. The first-order chi connectivity index (χ1) is 10.3. The van der Waals surface area contributed by atoms with Crippen LogP contribution in [-0.4, -0.2) is 31.6 Å². The van der Waals surface area contributed by atoms with Crippen molar-refractivity contribution >= 4 is 23.2 Å². The lowest BCUT2D eigenvalue weighted by atomic mass is 9.96. The lowest BCUT2D eigenvalue weighted by Gasteiger charge is -2.32. The van der Waals surface area contributed by atoms with Crippen molar-refractivity contribution in [3.05, 3.63) is 42.0 Å². The van der Waals surface area contributed by atoms with Crippen LogP contribution in [0.5, 0.6) is 5.75 Å². The average Bonchev–Trinajstić information content (AvgIpc) is 2.56. The second-order valence-corrected chi connectivity index (χ2v) is 5.92. The Labute approximate surface area is 138 Å². The maximum Gasteiger partial charge on any atom is 0.123 e. The number of piperidine rings is 1. The number of nitrogens with zero attached hydrogens (tertiary/aromatic N) is 1. The van der Waals surface area contributed by atoms with E-state index >= 15 is 0 Å². The molecule has 3 rings (SSSR count). The first kappa shape index (κ1) is 17.1. The number of likely N-dealkylation sites (tertiary alicyclic amines) is 1. The topological polar surface area (TPSA) is 38.5 Å². The van der Waals surface area contributed by atoms with E-state index in [0.29, 0.717) is 5.92 Å². The van der Waals surface area contributed by atoms with Gasteiger partial charge in [0.15, 0.2) is 0 Å². The minimum Gasteiger partial charge on any atom is -0.496 e. The van der Waals surface area contributed by atoms with E-state index in [0.717, 1.165) is 31.9 Å². The van der Waals surface area contributed by atoms with Gasteiger partial charge in [0, 0.05) is 12.1 Å². The SMILES string of the molecule is COc1ccc2ccccc2c1CN1CCC(CN)CC1.Cl. The van der Waals surface area contributed by atoms with Gasteiger partial charge in [-0.3, -0.25) is 4.90 Å². The van der Waals surface area contributed by atoms with Crippen molar-refractivity contribution in [3.63, 3.8) is 0 Å². The molecule has 0 atom stereocenters. The number of benzene rings is 2. The predicted octanol–water partition coefficient (Wildman–Crippen LogP) is 3.44. The highest BCUT2D eigenvalue weighted by Gasteiger charge is 2.20. The Morgan fingerprint density at radius 1 is 1.14 bits per heavy atom. The van der Waals surface area contributed by atoms with Gasteiger partial charge < -0.3 is 10.5 Å². The number of ether oxygens (including phenoxy) is 1. The summed E-state index contributed by atoms with van der Waals surface area (Å²) in [6.45, 7) is 4.05. The van der Waals surface area contributed by atoms with Crippen LogP contribution < -0.4 is 10.5 Å². The van der Waals surface area contributed by atoms with Gasteiger partial charge in [-0.2, -0.15) is 0 Å². The third-order valence-electron chi connectivity index (χ3n) is 4.64. The highest BCUT2D eigenvalue weighted by Crippen LogP contribution is 2.30. The number of halogens is 1. The highest BCUT2D eigenvalue weighted by atomic mass is 35.5. The standard InChI is InChI=1S/C18H24N2O.ClH/c1-21-18-7-6-15-4-2-3-5-16(15)17(18)13-20-10-8-14(12-19)9-11-20;/h2-7,14H,8-13,19H2,1H3;1H. The molecular weight excluding hydrogens is 296 g/mol. The van der Waals surface area contributed by atoms with Gasteiger partial charge >= 0.3 is 0 Å². The summed E-state index contributed by atoms with van der Waals surface area (Å²) in [5, 5.41) is 2.59. The van der Waals surface area contributed by atoms with Crippen LogP contribution in [-0.2, 0) is 6.54 Å². The molecule has 0 aliphatic carbocycles. The number of methoxy groups -OCH3 is 1. The van der Waals surface area contributed by atoms with Crippen LogP contribution in [0.4, 0.5) is 0 Å². The van der Waals surface area contributed by atoms with Crippen LogP contribution >= 0.6 is 12.4 Å². The summed E-state index contributed by atoms with van der Waals surface area (Å²) >= 11 is 0. The monoisotopic (exact) mass is 320 g/mol. The highest BCUT2D eigenvalue weighted by molar-refractivity contribution is 5.87. The second-order valence-electron chi connectivity index (χ2n) is 5.92. The summed E-state index contributed by atoms with van der Waals surface area (Å²) in [6.07, 6.45) is 2.42. The number of rotatable bonds is 4. The lowest BCUT2D eigenvalue weighted by molar-refractivity contribution is 0.179. The van der Waals surface area contributed by atoms with E-state index < -0.39 is 0 Å². The van der Waals surface area contributed by atoms with Crippen LogP contribution in [0.1, 0.15) is 18.4 Å². The summed E-state index contributed by atoms with van der Waals surface area (Å²) in [5.41, 5.74) is 7.09. The molecule has 2 aromatic rings. The smallest absolute Gasteiger partial charge is 0.123 e. The Kier molecular flexibility index (Phi) is 6.07. The Bertz CT molecular complexity index is 609. The van der Waals surface area contributed by atoms with Gasteiger partial charge in [-0.25, -0.2) is 0 Å². The minimum absolute atomic E-state index is 0. The molecule has 0 unspecified atom stereocenters. The molecule has 120 valence electrons. The summed E-state index contributed by atoms with van der Waals surface area (Å²) in [4.78, 5) is 2.52.